The van der Waals surface area contributed by atoms with E-state index in [1.807, 2.05) is 30.3 Å². The lowest BCUT2D eigenvalue weighted by Crippen LogP contribution is -2.34. The van der Waals surface area contributed by atoms with Crippen molar-refractivity contribution >= 4 is 40.4 Å². The number of benzene rings is 1. The minimum atomic E-state index is -6.16. The van der Waals surface area contributed by atoms with Crippen LogP contribution in [-0.4, -0.2) is 54.7 Å². The van der Waals surface area contributed by atoms with Gasteiger partial charge in [-0.1, -0.05) is 30.3 Å². The number of aliphatic hydroxyl groups is 2. The smallest absolute Gasteiger partial charge is 0.278 e. The third kappa shape index (κ3) is 7.08. The second-order valence-electron chi connectivity index (χ2n) is 7.73. The van der Waals surface area contributed by atoms with Crippen LogP contribution in [0.25, 0.3) is 11.2 Å². The average Bonchev–Trinajstić information content (AvgIpc) is 3.36. The van der Waals surface area contributed by atoms with Crippen molar-refractivity contribution in [1.29, 1.82) is 0 Å². The summed E-state index contributed by atoms with van der Waals surface area (Å²) in [5, 5.41) is 23.9. The molecule has 18 nitrogen and oxygen atoms in total. The van der Waals surface area contributed by atoms with Crippen LogP contribution in [0.3, 0.4) is 0 Å². The lowest BCUT2D eigenvalue weighted by molar-refractivity contribution is -0.339. The summed E-state index contributed by atoms with van der Waals surface area (Å²) in [5.74, 6) is 0.361. The SMILES string of the molecule is O=P([O-])([O-])OP(=O)([O-])OP(=O)([O-])OCC1OC(n2cnc3c(NCc4ccccc4)ncnc32)C(O)C1O. The maximum absolute atomic E-state index is 11.8. The van der Waals surface area contributed by atoms with E-state index in [1.54, 1.807) is 0 Å². The minimum Gasteiger partial charge on any atom is -0.790 e. The first-order chi connectivity index (χ1) is 17.7. The first-order valence-electron chi connectivity index (χ1n) is 10.4. The number of nitrogens with zero attached hydrogens (tertiary/aromatic N) is 4. The quantitative estimate of drug-likeness (QED) is 0.200. The van der Waals surface area contributed by atoms with Gasteiger partial charge in [-0.25, -0.2) is 19.3 Å². The van der Waals surface area contributed by atoms with E-state index in [9.17, 15) is 43.5 Å². The molecule has 0 bridgehead atoms. The number of aromatic nitrogens is 4. The maximum atomic E-state index is 11.8. The van der Waals surface area contributed by atoms with Gasteiger partial charge in [-0.05, 0) is 5.56 Å². The number of hydrogen-bond acceptors (Lipinski definition) is 17. The fourth-order valence-corrected chi connectivity index (χ4v) is 6.36. The van der Waals surface area contributed by atoms with Crippen LogP contribution < -0.4 is 24.9 Å². The molecule has 6 unspecified atom stereocenters. The summed E-state index contributed by atoms with van der Waals surface area (Å²) in [6.07, 6.45) is -3.81. The Bertz CT molecular complexity index is 1420. The molecule has 1 aromatic carbocycles. The van der Waals surface area contributed by atoms with Crippen LogP contribution in [-0.2, 0) is 38.1 Å². The Morgan fingerprint density at radius 3 is 2.37 bits per heavy atom. The molecule has 38 heavy (non-hydrogen) atoms. The Morgan fingerprint density at radius 1 is 0.974 bits per heavy atom. The Morgan fingerprint density at radius 2 is 1.68 bits per heavy atom. The number of aliphatic hydroxyl groups excluding tert-OH is 2. The van der Waals surface area contributed by atoms with Crippen molar-refractivity contribution in [3.8, 4) is 0 Å². The third-order valence-corrected chi connectivity index (χ3v) is 8.74. The molecule has 1 fully saturated rings. The van der Waals surface area contributed by atoms with E-state index in [4.69, 9.17) is 4.74 Å². The number of hydrogen-bond donors (Lipinski definition) is 3. The molecule has 6 atom stereocenters. The number of anilines is 1. The van der Waals surface area contributed by atoms with Crippen molar-refractivity contribution in [2.75, 3.05) is 11.9 Å². The van der Waals surface area contributed by atoms with Crippen molar-refractivity contribution in [2.45, 2.75) is 31.1 Å². The molecule has 3 heterocycles. The topological polar surface area (TPSA) is 276 Å². The highest BCUT2D eigenvalue weighted by Gasteiger charge is 2.45. The van der Waals surface area contributed by atoms with Gasteiger partial charge in [0.1, 0.15) is 24.6 Å². The molecule has 1 aliphatic rings. The van der Waals surface area contributed by atoms with Crippen LogP contribution in [0.2, 0.25) is 0 Å². The molecule has 0 amide bonds. The summed E-state index contributed by atoms with van der Waals surface area (Å²) >= 11 is 0. The highest BCUT2D eigenvalue weighted by Crippen LogP contribution is 2.60. The average molecular weight is 593 g/mol. The molecular weight excluding hydrogens is 575 g/mol. The Labute approximate surface area is 213 Å². The summed E-state index contributed by atoms with van der Waals surface area (Å²) in [4.78, 5) is 56.3. The van der Waals surface area contributed by atoms with E-state index in [0.29, 0.717) is 17.9 Å². The molecule has 3 N–H and O–H groups in total. The first kappa shape index (κ1) is 28.9. The van der Waals surface area contributed by atoms with Crippen LogP contribution in [0.4, 0.5) is 5.82 Å². The van der Waals surface area contributed by atoms with Gasteiger partial charge in [0.15, 0.2) is 23.2 Å². The molecule has 208 valence electrons. The molecular formula is C17H18N5O13P3-4. The first-order valence-corrected chi connectivity index (χ1v) is 14.8. The normalized spacial score (nSPS) is 25.2. The van der Waals surface area contributed by atoms with Crippen molar-refractivity contribution in [3.05, 3.63) is 48.5 Å². The van der Waals surface area contributed by atoms with Gasteiger partial charge in [-0.3, -0.25) is 18.0 Å². The molecule has 2 aromatic heterocycles. The minimum absolute atomic E-state index is 0.190. The van der Waals surface area contributed by atoms with Gasteiger partial charge in [0.25, 0.3) is 15.6 Å². The third-order valence-electron chi connectivity index (χ3n) is 5.07. The predicted molar refractivity (Wildman–Crippen MR) is 116 cm³/mol. The van der Waals surface area contributed by atoms with Gasteiger partial charge in [-0.2, -0.15) is 0 Å². The Hall–Kier alpha value is -2.14. The molecule has 3 aromatic rings. The van der Waals surface area contributed by atoms with Gasteiger partial charge in [0.05, 0.1) is 20.8 Å². The fourth-order valence-electron chi connectivity index (χ4n) is 3.49. The molecule has 0 aliphatic carbocycles. The molecule has 1 aliphatic heterocycles. The van der Waals surface area contributed by atoms with Gasteiger partial charge in [-0.15, -0.1) is 0 Å². The van der Waals surface area contributed by atoms with E-state index >= 15 is 0 Å². The Kier molecular flexibility index (Phi) is 8.47. The van der Waals surface area contributed by atoms with Crippen molar-refractivity contribution in [3.63, 3.8) is 0 Å². The van der Waals surface area contributed by atoms with E-state index in [0.717, 1.165) is 5.56 Å². The number of phosphoric ester groups is 1. The number of rotatable bonds is 11. The zero-order valence-corrected chi connectivity index (χ0v) is 21.5. The van der Waals surface area contributed by atoms with Crippen molar-refractivity contribution in [1.82, 2.24) is 19.5 Å². The van der Waals surface area contributed by atoms with Crippen molar-refractivity contribution < 1.29 is 61.4 Å². The van der Waals surface area contributed by atoms with Crippen LogP contribution in [0.5, 0.6) is 0 Å². The van der Waals surface area contributed by atoms with Gasteiger partial charge in [0, 0.05) is 6.54 Å². The highest BCUT2D eigenvalue weighted by molar-refractivity contribution is 7.64. The predicted octanol–water partition coefficient (Wildman–Crippen LogP) is -2.13. The second kappa shape index (κ2) is 11.2. The summed E-state index contributed by atoms with van der Waals surface area (Å²) in [6.45, 7) is -0.659. The molecule has 4 rings (SSSR count). The van der Waals surface area contributed by atoms with Gasteiger partial charge < -0.3 is 48.9 Å². The number of nitrogens with one attached hydrogen (secondary N) is 1. The van der Waals surface area contributed by atoms with Crippen molar-refractivity contribution in [2.24, 2.45) is 0 Å². The monoisotopic (exact) mass is 593 g/mol. The molecule has 0 saturated carbocycles. The zero-order chi connectivity index (χ0) is 27.7. The molecule has 1 saturated heterocycles. The fraction of sp³-hybridized carbons (Fsp3) is 0.353. The number of ether oxygens (including phenoxy) is 1. The van der Waals surface area contributed by atoms with E-state index in [2.05, 4.69) is 33.4 Å². The molecule has 0 spiro atoms. The van der Waals surface area contributed by atoms with E-state index in [1.165, 1.54) is 17.2 Å². The molecule has 21 heteroatoms. The number of imidazole rings is 1. The van der Waals surface area contributed by atoms with Gasteiger partial charge >= 0.3 is 0 Å². The van der Waals surface area contributed by atoms with Crippen LogP contribution >= 0.6 is 23.5 Å². The number of fused-ring (bicyclic) bond motifs is 1. The zero-order valence-electron chi connectivity index (χ0n) is 18.8. The summed E-state index contributed by atoms with van der Waals surface area (Å²) in [5.41, 5.74) is 1.45. The van der Waals surface area contributed by atoms with Crippen LogP contribution in [0.1, 0.15) is 11.8 Å². The largest absolute Gasteiger partial charge is 0.790 e. The highest BCUT2D eigenvalue weighted by atomic mass is 31.3. The summed E-state index contributed by atoms with van der Waals surface area (Å²) < 4.78 is 51.0. The summed E-state index contributed by atoms with van der Waals surface area (Å²) in [6, 6.07) is 9.41. The van der Waals surface area contributed by atoms with Crippen LogP contribution in [0.15, 0.2) is 43.0 Å². The maximum Gasteiger partial charge on any atom is 0.278 e. The van der Waals surface area contributed by atoms with E-state index in [-0.39, 0.29) is 5.65 Å². The molecule has 0 radical (unpaired) electrons. The summed E-state index contributed by atoms with van der Waals surface area (Å²) in [7, 11) is -18.1. The van der Waals surface area contributed by atoms with E-state index < -0.39 is 54.6 Å². The Balaban J connectivity index is 1.44. The number of phosphoric acid groups is 3. The lowest BCUT2D eigenvalue weighted by atomic mass is 10.1. The lowest BCUT2D eigenvalue weighted by Gasteiger charge is -2.37. The van der Waals surface area contributed by atoms with Gasteiger partial charge in [0.2, 0.25) is 0 Å². The van der Waals surface area contributed by atoms with Crippen LogP contribution in [0, 0.1) is 0 Å². The standard InChI is InChI=1S/C17H22N5O13P3/c23-13-11(7-32-37(28,29)35-38(30,31)34-36(25,26)27)33-17(14(13)24)22-9-21-12-15(19-8-20-16(12)22)18-6-10-4-2-1-3-5-10/h1-5,8-9,11,13-14,17,23-24H,6-7H2,(H,28,29)(H,30,31)(H,18,19,20)(H2,25,26,27)/p-4. The second-order valence-corrected chi connectivity index (χ2v) is 12.0.